The lowest BCUT2D eigenvalue weighted by Gasteiger charge is -2.27. The third-order valence-corrected chi connectivity index (χ3v) is 8.06. The Morgan fingerprint density at radius 2 is 1.31 bits per heavy atom. The Kier molecular flexibility index (Phi) is 5.04. The summed E-state index contributed by atoms with van der Waals surface area (Å²) in [5.74, 6) is 0. The van der Waals surface area contributed by atoms with Gasteiger partial charge in [0.2, 0.25) is 0 Å². The van der Waals surface area contributed by atoms with E-state index in [-0.39, 0.29) is 6.04 Å². The predicted molar refractivity (Wildman–Crippen MR) is 153 cm³/mol. The maximum absolute atomic E-state index is 4.76. The topological polar surface area (TPSA) is 27.6 Å². The summed E-state index contributed by atoms with van der Waals surface area (Å²) in [5.41, 5.74) is 10.2. The Morgan fingerprint density at radius 1 is 0.611 bits per heavy atom. The minimum absolute atomic E-state index is 0.0227. The Balaban J connectivity index is 1.27. The molecule has 6 aromatic rings. The molecule has 0 amide bonds. The first kappa shape index (κ1) is 20.9. The van der Waals surface area contributed by atoms with Gasteiger partial charge in [-0.25, -0.2) is 5.53 Å². The molecule has 0 fully saturated rings. The standard InChI is InChI=1S/C32H23N3S/c1-3-10-23(11-4-1)30-31(24-12-5-2-6-13-24)35(34-33-30)25-20-18-22(19-21-25)26-15-9-16-28-27-14-7-8-17-29(27)36-32(26)28/h1-21,31,34H. The van der Waals surface area contributed by atoms with E-state index < -0.39 is 0 Å². The molecule has 36 heavy (non-hydrogen) atoms. The van der Waals surface area contributed by atoms with Crippen LogP contribution in [-0.4, -0.2) is 5.71 Å². The first-order valence-corrected chi connectivity index (χ1v) is 12.9. The second-order valence-corrected chi connectivity index (χ2v) is 10.0. The molecule has 4 heteroatoms. The lowest BCUT2D eigenvalue weighted by Crippen LogP contribution is -2.34. The van der Waals surface area contributed by atoms with Gasteiger partial charge in [0, 0.05) is 25.7 Å². The van der Waals surface area contributed by atoms with Crippen LogP contribution in [0.2, 0.25) is 0 Å². The molecule has 0 spiro atoms. The van der Waals surface area contributed by atoms with Gasteiger partial charge in [0.15, 0.2) is 0 Å². The highest BCUT2D eigenvalue weighted by molar-refractivity contribution is 7.26. The van der Waals surface area contributed by atoms with Crippen molar-refractivity contribution in [1.29, 1.82) is 0 Å². The molecule has 0 saturated carbocycles. The smallest absolute Gasteiger partial charge is 0.121 e. The van der Waals surface area contributed by atoms with Gasteiger partial charge in [-0.05, 0) is 34.9 Å². The molecule has 0 radical (unpaired) electrons. The third kappa shape index (κ3) is 3.46. The first-order chi connectivity index (χ1) is 17.9. The number of benzene rings is 5. The van der Waals surface area contributed by atoms with Gasteiger partial charge in [0.05, 0.1) is 11.4 Å². The van der Waals surface area contributed by atoms with Crippen molar-refractivity contribution in [2.24, 2.45) is 5.10 Å². The number of nitrogens with one attached hydrogen (secondary N) is 1. The van der Waals surface area contributed by atoms with Gasteiger partial charge in [-0.2, -0.15) is 5.10 Å². The minimum atomic E-state index is -0.0227. The van der Waals surface area contributed by atoms with E-state index >= 15 is 0 Å². The van der Waals surface area contributed by atoms with E-state index in [1.54, 1.807) is 0 Å². The highest BCUT2D eigenvalue weighted by Crippen LogP contribution is 2.40. The normalized spacial score (nSPS) is 15.3. The summed E-state index contributed by atoms with van der Waals surface area (Å²) in [4.78, 5) is 0. The maximum Gasteiger partial charge on any atom is 0.121 e. The van der Waals surface area contributed by atoms with E-state index in [1.807, 2.05) is 17.4 Å². The Labute approximate surface area is 213 Å². The molecule has 0 bridgehead atoms. The molecule has 2 heterocycles. The van der Waals surface area contributed by atoms with Crippen molar-refractivity contribution in [3.05, 3.63) is 139 Å². The fourth-order valence-electron chi connectivity index (χ4n) is 5.11. The summed E-state index contributed by atoms with van der Waals surface area (Å²) < 4.78 is 2.66. The SMILES string of the molecule is c1ccc(C2=NNN(c3ccc(-c4cccc5c4sc4ccccc45)cc3)C2c2ccccc2)cc1. The van der Waals surface area contributed by atoms with Crippen molar-refractivity contribution >= 4 is 42.9 Å². The van der Waals surface area contributed by atoms with Crippen LogP contribution in [0.1, 0.15) is 17.2 Å². The molecule has 1 atom stereocenters. The number of fused-ring (bicyclic) bond motifs is 3. The fourth-order valence-corrected chi connectivity index (χ4v) is 6.34. The molecule has 172 valence electrons. The van der Waals surface area contributed by atoms with Crippen LogP contribution in [0.25, 0.3) is 31.3 Å². The summed E-state index contributed by atoms with van der Waals surface area (Å²) >= 11 is 1.87. The van der Waals surface area contributed by atoms with E-state index in [0.29, 0.717) is 0 Å². The highest BCUT2D eigenvalue weighted by Gasteiger charge is 2.32. The van der Waals surface area contributed by atoms with Crippen molar-refractivity contribution < 1.29 is 0 Å². The van der Waals surface area contributed by atoms with Crippen LogP contribution in [-0.2, 0) is 0 Å². The molecule has 0 aliphatic carbocycles. The van der Waals surface area contributed by atoms with Gasteiger partial charge in [-0.3, -0.25) is 5.01 Å². The lowest BCUT2D eigenvalue weighted by atomic mass is 9.96. The van der Waals surface area contributed by atoms with Crippen LogP contribution in [0.4, 0.5) is 5.69 Å². The quantitative estimate of drug-likeness (QED) is 0.275. The monoisotopic (exact) mass is 481 g/mol. The average molecular weight is 482 g/mol. The zero-order chi connectivity index (χ0) is 23.9. The summed E-state index contributed by atoms with van der Waals surface area (Å²) in [7, 11) is 0. The first-order valence-electron chi connectivity index (χ1n) is 12.1. The summed E-state index contributed by atoms with van der Waals surface area (Å²) in [5, 5.41) is 9.57. The van der Waals surface area contributed by atoms with Crippen molar-refractivity contribution in [2.45, 2.75) is 6.04 Å². The number of hydrazine groups is 1. The van der Waals surface area contributed by atoms with Crippen LogP contribution >= 0.6 is 11.3 Å². The van der Waals surface area contributed by atoms with Gasteiger partial charge >= 0.3 is 0 Å². The number of hydrogen-bond donors (Lipinski definition) is 1. The molecule has 1 N–H and O–H groups in total. The molecular formula is C32H23N3S. The number of nitrogens with zero attached hydrogens (tertiary/aromatic N) is 2. The number of thiophene rings is 1. The number of hydrogen-bond acceptors (Lipinski definition) is 4. The van der Waals surface area contributed by atoms with Gasteiger partial charge in [0.25, 0.3) is 0 Å². The number of hydrazone groups is 1. The van der Waals surface area contributed by atoms with Crippen molar-refractivity contribution in [2.75, 3.05) is 5.01 Å². The van der Waals surface area contributed by atoms with E-state index in [9.17, 15) is 0 Å². The molecule has 5 aromatic carbocycles. The predicted octanol–water partition coefficient (Wildman–Crippen LogP) is 8.19. The Hall–Kier alpha value is -4.41. The summed E-state index contributed by atoms with van der Waals surface area (Å²) in [6, 6.07) is 45.0. The van der Waals surface area contributed by atoms with Crippen LogP contribution in [0.3, 0.4) is 0 Å². The average Bonchev–Trinajstić information content (AvgIpc) is 3.56. The van der Waals surface area contributed by atoms with Crippen molar-refractivity contribution in [1.82, 2.24) is 5.53 Å². The largest absolute Gasteiger partial charge is 0.259 e. The van der Waals surface area contributed by atoms with Crippen LogP contribution in [0, 0.1) is 0 Å². The molecule has 3 nitrogen and oxygen atoms in total. The van der Waals surface area contributed by atoms with E-state index in [2.05, 4.69) is 132 Å². The summed E-state index contributed by atoms with van der Waals surface area (Å²) in [6.45, 7) is 0. The number of anilines is 1. The maximum atomic E-state index is 4.76. The highest BCUT2D eigenvalue weighted by atomic mass is 32.1. The molecule has 1 aromatic heterocycles. The van der Waals surface area contributed by atoms with E-state index in [0.717, 1.165) is 17.0 Å². The van der Waals surface area contributed by atoms with Crippen LogP contribution < -0.4 is 10.5 Å². The number of rotatable bonds is 4. The summed E-state index contributed by atoms with van der Waals surface area (Å²) in [6.07, 6.45) is 0. The Morgan fingerprint density at radius 3 is 2.11 bits per heavy atom. The molecule has 1 unspecified atom stereocenters. The zero-order valence-corrected chi connectivity index (χ0v) is 20.3. The van der Waals surface area contributed by atoms with E-state index in [4.69, 9.17) is 5.10 Å². The van der Waals surface area contributed by atoms with Gasteiger partial charge in [0.1, 0.15) is 6.04 Å². The molecule has 0 saturated heterocycles. The molecule has 1 aliphatic heterocycles. The van der Waals surface area contributed by atoms with E-state index in [1.165, 1.54) is 36.9 Å². The second-order valence-electron chi connectivity index (χ2n) is 8.97. The Bertz CT molecular complexity index is 1700. The van der Waals surface area contributed by atoms with Crippen molar-refractivity contribution in [3.63, 3.8) is 0 Å². The molecule has 7 rings (SSSR count). The fraction of sp³-hybridized carbons (Fsp3) is 0.0312. The third-order valence-electron chi connectivity index (χ3n) is 6.84. The molecular weight excluding hydrogens is 458 g/mol. The lowest BCUT2D eigenvalue weighted by molar-refractivity contribution is 0.679. The van der Waals surface area contributed by atoms with Gasteiger partial charge in [-0.15, -0.1) is 11.3 Å². The van der Waals surface area contributed by atoms with Crippen LogP contribution in [0.5, 0.6) is 0 Å². The molecule has 1 aliphatic rings. The van der Waals surface area contributed by atoms with Gasteiger partial charge < -0.3 is 0 Å². The van der Waals surface area contributed by atoms with Crippen LogP contribution in [0.15, 0.2) is 132 Å². The zero-order valence-electron chi connectivity index (χ0n) is 19.5. The van der Waals surface area contributed by atoms with Crippen molar-refractivity contribution in [3.8, 4) is 11.1 Å². The minimum Gasteiger partial charge on any atom is -0.259 e. The second kappa shape index (κ2) is 8.67. The van der Waals surface area contributed by atoms with Gasteiger partial charge in [-0.1, -0.05) is 109 Å².